The van der Waals surface area contributed by atoms with Crippen molar-refractivity contribution in [2.75, 3.05) is 49.7 Å². The highest BCUT2D eigenvalue weighted by molar-refractivity contribution is 7.87. The van der Waals surface area contributed by atoms with Gasteiger partial charge >= 0.3 is 10.1 Å². The van der Waals surface area contributed by atoms with E-state index in [9.17, 15) is 8.42 Å². The molecule has 3 aromatic rings. The number of alkyl halides is 2. The molecule has 12 heteroatoms. The molecule has 0 aliphatic heterocycles. The maximum absolute atomic E-state index is 13.5. The Labute approximate surface area is 219 Å². The van der Waals surface area contributed by atoms with Gasteiger partial charge in [0.25, 0.3) is 0 Å². The maximum atomic E-state index is 13.5. The van der Waals surface area contributed by atoms with Gasteiger partial charge in [-0.25, -0.2) is 0 Å². The Kier molecular flexibility index (Phi) is 9.73. The maximum Gasteiger partial charge on any atom is 0.316 e. The van der Waals surface area contributed by atoms with Crippen molar-refractivity contribution >= 4 is 55.3 Å². The predicted octanol–water partition coefficient (Wildman–Crippen LogP) is 4.72. The molecule has 35 heavy (non-hydrogen) atoms. The zero-order valence-corrected chi connectivity index (χ0v) is 22.5. The molecule has 0 spiro atoms. The van der Waals surface area contributed by atoms with Gasteiger partial charge in [-0.15, -0.1) is 34.5 Å². The number of hydrogen-bond donors (Lipinski definition) is 1. The number of benzene rings is 1. The number of anilines is 2. The Hall–Kier alpha value is -2.40. The Morgan fingerprint density at radius 3 is 2.26 bits per heavy atom. The van der Waals surface area contributed by atoms with Gasteiger partial charge in [-0.1, -0.05) is 0 Å². The van der Waals surface area contributed by atoms with E-state index in [4.69, 9.17) is 42.6 Å². The zero-order valence-electron chi connectivity index (χ0n) is 19.3. The van der Waals surface area contributed by atoms with Crippen molar-refractivity contribution in [3.8, 4) is 17.5 Å². The van der Waals surface area contributed by atoms with Gasteiger partial charge in [0, 0.05) is 54.2 Å². The second-order valence-corrected chi connectivity index (χ2v) is 10.8. The van der Waals surface area contributed by atoms with E-state index in [0.29, 0.717) is 46.9 Å². The van der Waals surface area contributed by atoms with Gasteiger partial charge in [-0.3, -0.25) is 0 Å². The fourth-order valence-electron chi connectivity index (χ4n) is 3.54. The first-order chi connectivity index (χ1) is 16.8. The fraction of sp³-hybridized carbons (Fsp3) is 0.348. The first-order valence-electron chi connectivity index (χ1n) is 10.6. The van der Waals surface area contributed by atoms with E-state index in [-0.39, 0.29) is 18.1 Å². The lowest BCUT2D eigenvalue weighted by atomic mass is 10.1. The van der Waals surface area contributed by atoms with E-state index >= 15 is 0 Å². The third kappa shape index (κ3) is 6.84. The van der Waals surface area contributed by atoms with Gasteiger partial charge in [0.2, 0.25) is 11.8 Å². The highest BCUT2D eigenvalue weighted by Crippen LogP contribution is 2.37. The molecule has 0 bridgehead atoms. The Bertz CT molecular complexity index is 1200. The number of nitrogen functional groups attached to an aromatic ring is 1. The minimum atomic E-state index is -4.16. The van der Waals surface area contributed by atoms with Crippen LogP contribution >= 0.6 is 34.5 Å². The molecular formula is C23H27Cl2N3O5S2. The number of hydrogen-bond acceptors (Lipinski definition) is 9. The zero-order chi connectivity index (χ0) is 25.4. The monoisotopic (exact) mass is 559 g/mol. The molecule has 0 amide bonds. The van der Waals surface area contributed by atoms with E-state index in [1.807, 2.05) is 4.90 Å². The lowest BCUT2D eigenvalue weighted by molar-refractivity contribution is 0.361. The van der Waals surface area contributed by atoms with Gasteiger partial charge < -0.3 is 24.3 Å². The molecular weight excluding hydrogens is 533 g/mol. The Morgan fingerprint density at radius 1 is 1.03 bits per heavy atom. The van der Waals surface area contributed by atoms with Crippen molar-refractivity contribution in [2.24, 2.45) is 0 Å². The van der Waals surface area contributed by atoms with Crippen molar-refractivity contribution in [1.29, 1.82) is 0 Å². The van der Waals surface area contributed by atoms with E-state index in [1.165, 1.54) is 25.6 Å². The minimum absolute atomic E-state index is 0.0424. The average Bonchev–Trinajstić information content (AvgIpc) is 3.27. The molecule has 1 atom stereocenters. The number of pyridine rings is 1. The van der Waals surface area contributed by atoms with Crippen LogP contribution in [-0.2, 0) is 16.5 Å². The smallest absolute Gasteiger partial charge is 0.316 e. The van der Waals surface area contributed by atoms with Crippen LogP contribution in [0.3, 0.4) is 0 Å². The molecule has 0 radical (unpaired) electrons. The normalized spacial score (nSPS) is 12.2. The lowest BCUT2D eigenvalue weighted by Crippen LogP contribution is -2.27. The van der Waals surface area contributed by atoms with Crippen molar-refractivity contribution in [1.82, 2.24) is 4.98 Å². The number of rotatable bonds is 13. The summed E-state index contributed by atoms with van der Waals surface area (Å²) in [6.45, 7) is 1.23. The first-order valence-corrected chi connectivity index (χ1v) is 14.1. The van der Waals surface area contributed by atoms with Crippen LogP contribution in [0.2, 0.25) is 0 Å². The van der Waals surface area contributed by atoms with Crippen molar-refractivity contribution in [3.05, 3.63) is 59.0 Å². The summed E-state index contributed by atoms with van der Waals surface area (Å²) >= 11 is 13.0. The molecule has 2 aromatic heterocycles. The summed E-state index contributed by atoms with van der Waals surface area (Å²) in [4.78, 5) is 6.27. The molecule has 1 aromatic carbocycles. The third-order valence-corrected chi connectivity index (χ3v) is 7.91. The van der Waals surface area contributed by atoms with Crippen LogP contribution in [0.1, 0.15) is 16.4 Å². The summed E-state index contributed by atoms with van der Waals surface area (Å²) in [6, 6.07) is 11.8. The molecule has 2 heterocycles. The summed E-state index contributed by atoms with van der Waals surface area (Å²) in [5, 5.41) is 1.06. The molecule has 3 rings (SSSR count). The molecule has 190 valence electrons. The van der Waals surface area contributed by atoms with E-state index in [0.717, 1.165) is 5.69 Å². The van der Waals surface area contributed by atoms with Gasteiger partial charge in [-0.05, 0) is 41.8 Å². The summed E-state index contributed by atoms with van der Waals surface area (Å²) in [5.74, 6) is 1.69. The molecule has 1 unspecified atom stereocenters. The number of halogens is 2. The highest BCUT2D eigenvalue weighted by Gasteiger charge is 2.33. The molecule has 0 fully saturated rings. The van der Waals surface area contributed by atoms with Crippen LogP contribution in [0.25, 0.3) is 0 Å². The van der Waals surface area contributed by atoms with E-state index in [1.54, 1.807) is 47.8 Å². The predicted molar refractivity (Wildman–Crippen MR) is 142 cm³/mol. The largest absolute Gasteiger partial charge is 0.481 e. The first kappa shape index (κ1) is 27.2. The minimum Gasteiger partial charge on any atom is -0.481 e. The number of thiophene rings is 1. The summed E-state index contributed by atoms with van der Waals surface area (Å²) in [5.41, 5.74) is 8.01. The van der Waals surface area contributed by atoms with Crippen LogP contribution in [0.15, 0.2) is 47.8 Å². The second-order valence-electron chi connectivity index (χ2n) is 7.39. The highest BCUT2D eigenvalue weighted by atomic mass is 35.5. The van der Waals surface area contributed by atoms with Crippen LogP contribution in [0.4, 0.5) is 10.7 Å². The second kappa shape index (κ2) is 12.5. The number of ether oxygens (including phenoxy) is 2. The standard InChI is InChI=1S/C23H27Cl2N3O5S2/c1-31-21-8-3-16(23(27-21)32-2)15-20(19-9-14-34-22(19)26)35(29,30)33-18-6-4-17(5-7-18)28(12-10-24)13-11-25/h3-9,14,20H,10-13,15,26H2,1-2H3. The summed E-state index contributed by atoms with van der Waals surface area (Å²) in [7, 11) is -1.20. The van der Waals surface area contributed by atoms with Gasteiger partial charge in [-0.2, -0.15) is 13.4 Å². The molecule has 0 saturated carbocycles. The average molecular weight is 561 g/mol. The number of methoxy groups -OCH3 is 2. The SMILES string of the molecule is COc1ccc(CC(c2ccsc2N)S(=O)(=O)Oc2ccc(N(CCCl)CCCl)cc2)c(OC)n1. The fourth-order valence-corrected chi connectivity index (χ4v) is 6.13. The van der Waals surface area contributed by atoms with Crippen LogP contribution in [-0.4, -0.2) is 52.5 Å². The lowest BCUT2D eigenvalue weighted by Gasteiger charge is -2.23. The van der Waals surface area contributed by atoms with E-state index < -0.39 is 15.4 Å². The summed E-state index contributed by atoms with van der Waals surface area (Å²) in [6.07, 6.45) is 0.0424. The van der Waals surface area contributed by atoms with Crippen LogP contribution < -0.4 is 24.3 Å². The van der Waals surface area contributed by atoms with E-state index in [2.05, 4.69) is 4.98 Å². The van der Waals surface area contributed by atoms with Crippen LogP contribution in [0.5, 0.6) is 17.5 Å². The Morgan fingerprint density at radius 2 is 1.71 bits per heavy atom. The van der Waals surface area contributed by atoms with Crippen LogP contribution in [0, 0.1) is 0 Å². The molecule has 0 aliphatic carbocycles. The molecule has 8 nitrogen and oxygen atoms in total. The van der Waals surface area contributed by atoms with Crippen molar-refractivity contribution in [3.63, 3.8) is 0 Å². The summed E-state index contributed by atoms with van der Waals surface area (Å²) < 4.78 is 43.1. The van der Waals surface area contributed by atoms with Gasteiger partial charge in [0.15, 0.2) is 0 Å². The van der Waals surface area contributed by atoms with Crippen molar-refractivity contribution in [2.45, 2.75) is 11.7 Å². The third-order valence-electron chi connectivity index (χ3n) is 5.27. The molecule has 2 N–H and O–H groups in total. The quantitative estimate of drug-likeness (QED) is 0.237. The van der Waals surface area contributed by atoms with Gasteiger partial charge in [0.1, 0.15) is 11.0 Å². The number of nitrogens with zero attached hydrogens (tertiary/aromatic N) is 2. The molecule has 0 saturated heterocycles. The number of aromatic nitrogens is 1. The van der Waals surface area contributed by atoms with Gasteiger partial charge in [0.05, 0.1) is 19.2 Å². The number of nitrogens with two attached hydrogens (primary N) is 1. The Balaban J connectivity index is 1.90. The molecule has 0 aliphatic rings. The van der Waals surface area contributed by atoms with Crippen molar-refractivity contribution < 1.29 is 22.1 Å². The topological polar surface area (TPSA) is 104 Å².